The molecule has 0 aromatic rings. The molecule has 0 radical (unpaired) electrons. The van der Waals surface area contributed by atoms with E-state index in [9.17, 15) is 4.79 Å². The molecule has 2 aliphatic rings. The molecule has 2 unspecified atom stereocenters. The largest absolute Gasteiger partial charge is 0.299 e. The normalized spacial score (nSPS) is 32.2. The lowest BCUT2D eigenvalue weighted by molar-refractivity contribution is -0.127. The maximum absolute atomic E-state index is 12.3. The number of unbranched alkanes of at least 4 members (excludes halogenated alkanes) is 4. The van der Waals surface area contributed by atoms with Gasteiger partial charge in [-0.3, -0.25) is 4.79 Å². The Bertz CT molecular complexity index is 327. The highest BCUT2D eigenvalue weighted by Gasteiger charge is 2.34. The fourth-order valence-corrected chi connectivity index (χ4v) is 5.14. The van der Waals surface area contributed by atoms with Crippen LogP contribution in [0.5, 0.6) is 0 Å². The summed E-state index contributed by atoms with van der Waals surface area (Å²) in [7, 11) is 0. The minimum Gasteiger partial charge on any atom is -0.299 e. The molecule has 0 aliphatic heterocycles. The molecule has 0 bridgehead atoms. The van der Waals surface area contributed by atoms with Gasteiger partial charge < -0.3 is 0 Å². The van der Waals surface area contributed by atoms with Crippen LogP contribution in [-0.4, -0.2) is 5.78 Å². The van der Waals surface area contributed by atoms with E-state index in [1.54, 1.807) is 0 Å². The Morgan fingerprint density at radius 2 is 1.43 bits per heavy atom. The molecule has 23 heavy (non-hydrogen) atoms. The number of carbonyl (C=O) groups is 1. The second kappa shape index (κ2) is 10.5. The van der Waals surface area contributed by atoms with Crippen molar-refractivity contribution in [3.05, 3.63) is 0 Å². The standard InChI is InChI=1S/C22H40O/c1-3-5-6-7-8-10-18-11-13-19(14-12-18)21-16-15-20(9-4-2)22(23)17-21/h18-21H,3-17H2,1-2H3. The van der Waals surface area contributed by atoms with Crippen molar-refractivity contribution in [3.8, 4) is 0 Å². The van der Waals surface area contributed by atoms with Crippen molar-refractivity contribution in [2.75, 3.05) is 0 Å². The third kappa shape index (κ3) is 6.24. The maximum atomic E-state index is 12.3. The molecule has 0 amide bonds. The van der Waals surface area contributed by atoms with Gasteiger partial charge in [0, 0.05) is 12.3 Å². The Balaban J connectivity index is 1.62. The first-order chi connectivity index (χ1) is 11.2. The number of hydrogen-bond acceptors (Lipinski definition) is 1. The Morgan fingerprint density at radius 1 is 0.739 bits per heavy atom. The van der Waals surface area contributed by atoms with Gasteiger partial charge in [0.25, 0.3) is 0 Å². The average molecular weight is 321 g/mol. The van der Waals surface area contributed by atoms with Crippen molar-refractivity contribution in [1.82, 2.24) is 0 Å². The van der Waals surface area contributed by atoms with Crippen LogP contribution in [0.3, 0.4) is 0 Å². The van der Waals surface area contributed by atoms with Gasteiger partial charge in [-0.05, 0) is 49.9 Å². The predicted octanol–water partition coefficient (Wildman–Crippen LogP) is 6.94. The van der Waals surface area contributed by atoms with Gasteiger partial charge in [-0.2, -0.15) is 0 Å². The van der Waals surface area contributed by atoms with Gasteiger partial charge in [0.15, 0.2) is 0 Å². The van der Waals surface area contributed by atoms with Crippen LogP contribution in [0, 0.1) is 23.7 Å². The van der Waals surface area contributed by atoms with Gasteiger partial charge in [0.1, 0.15) is 5.78 Å². The fourth-order valence-electron chi connectivity index (χ4n) is 5.14. The number of ketones is 1. The van der Waals surface area contributed by atoms with E-state index in [0.29, 0.717) is 11.7 Å². The predicted molar refractivity (Wildman–Crippen MR) is 99.6 cm³/mol. The quantitative estimate of drug-likeness (QED) is 0.420. The summed E-state index contributed by atoms with van der Waals surface area (Å²) in [5.41, 5.74) is 0. The van der Waals surface area contributed by atoms with E-state index < -0.39 is 0 Å². The maximum Gasteiger partial charge on any atom is 0.136 e. The molecule has 0 aromatic heterocycles. The molecule has 2 aliphatic carbocycles. The van der Waals surface area contributed by atoms with Crippen LogP contribution in [0.2, 0.25) is 0 Å². The Morgan fingerprint density at radius 3 is 2.09 bits per heavy atom. The van der Waals surface area contributed by atoms with Gasteiger partial charge in [0.2, 0.25) is 0 Å². The van der Waals surface area contributed by atoms with E-state index in [1.165, 1.54) is 83.5 Å². The van der Waals surface area contributed by atoms with E-state index in [0.717, 1.165) is 30.6 Å². The zero-order valence-corrected chi connectivity index (χ0v) is 15.8. The first-order valence-corrected chi connectivity index (χ1v) is 10.8. The Labute approximate surface area is 145 Å². The molecule has 2 saturated carbocycles. The zero-order chi connectivity index (χ0) is 16.5. The van der Waals surface area contributed by atoms with Crippen LogP contribution in [-0.2, 0) is 4.79 Å². The van der Waals surface area contributed by atoms with Crippen molar-refractivity contribution in [2.45, 2.75) is 110 Å². The third-order valence-electron chi connectivity index (χ3n) is 6.72. The van der Waals surface area contributed by atoms with Crippen LogP contribution < -0.4 is 0 Å². The monoisotopic (exact) mass is 320 g/mol. The first kappa shape index (κ1) is 19.0. The fraction of sp³-hybridized carbons (Fsp3) is 0.955. The van der Waals surface area contributed by atoms with E-state index in [2.05, 4.69) is 13.8 Å². The smallest absolute Gasteiger partial charge is 0.136 e. The highest BCUT2D eigenvalue weighted by Crippen LogP contribution is 2.42. The highest BCUT2D eigenvalue weighted by atomic mass is 16.1. The summed E-state index contributed by atoms with van der Waals surface area (Å²) in [6, 6.07) is 0. The molecule has 2 rings (SSSR count). The van der Waals surface area contributed by atoms with Crippen LogP contribution in [0.1, 0.15) is 110 Å². The molecule has 0 aromatic carbocycles. The van der Waals surface area contributed by atoms with Gasteiger partial charge in [-0.15, -0.1) is 0 Å². The molecule has 134 valence electrons. The van der Waals surface area contributed by atoms with Crippen LogP contribution >= 0.6 is 0 Å². The van der Waals surface area contributed by atoms with Gasteiger partial charge in [-0.1, -0.05) is 71.6 Å². The van der Waals surface area contributed by atoms with Crippen molar-refractivity contribution < 1.29 is 4.79 Å². The summed E-state index contributed by atoms with van der Waals surface area (Å²) >= 11 is 0. The first-order valence-electron chi connectivity index (χ1n) is 10.8. The number of carbonyl (C=O) groups excluding carboxylic acids is 1. The molecule has 2 fully saturated rings. The van der Waals surface area contributed by atoms with Crippen molar-refractivity contribution in [1.29, 1.82) is 0 Å². The van der Waals surface area contributed by atoms with E-state index in [4.69, 9.17) is 0 Å². The van der Waals surface area contributed by atoms with Gasteiger partial charge >= 0.3 is 0 Å². The molecule has 0 heterocycles. The number of rotatable bonds is 9. The SMILES string of the molecule is CCCCCCCC1CCC(C2CCC(CCC)C(=O)C2)CC1. The lowest BCUT2D eigenvalue weighted by Crippen LogP contribution is -2.31. The van der Waals surface area contributed by atoms with Crippen LogP contribution in [0.4, 0.5) is 0 Å². The second-order valence-electron chi connectivity index (χ2n) is 8.48. The van der Waals surface area contributed by atoms with Gasteiger partial charge in [-0.25, -0.2) is 0 Å². The topological polar surface area (TPSA) is 17.1 Å². The number of hydrogen-bond donors (Lipinski definition) is 0. The summed E-state index contributed by atoms with van der Waals surface area (Å²) in [5.74, 6) is 3.62. The molecule has 1 nitrogen and oxygen atoms in total. The minimum absolute atomic E-state index is 0.413. The number of Topliss-reactive ketones (excluding diaryl/α,β-unsaturated/α-hetero) is 1. The second-order valence-corrected chi connectivity index (χ2v) is 8.48. The van der Waals surface area contributed by atoms with E-state index >= 15 is 0 Å². The summed E-state index contributed by atoms with van der Waals surface area (Å²) in [6.07, 6.45) is 20.0. The van der Waals surface area contributed by atoms with Crippen LogP contribution in [0.25, 0.3) is 0 Å². The Hall–Kier alpha value is -0.330. The Kier molecular flexibility index (Phi) is 8.69. The molecule has 2 atom stereocenters. The van der Waals surface area contributed by atoms with Gasteiger partial charge in [0.05, 0.1) is 0 Å². The van der Waals surface area contributed by atoms with Crippen LogP contribution in [0.15, 0.2) is 0 Å². The van der Waals surface area contributed by atoms with E-state index in [-0.39, 0.29) is 0 Å². The molecule has 1 heteroatoms. The zero-order valence-electron chi connectivity index (χ0n) is 15.8. The van der Waals surface area contributed by atoms with Crippen molar-refractivity contribution in [2.24, 2.45) is 23.7 Å². The summed E-state index contributed by atoms with van der Waals surface area (Å²) in [4.78, 5) is 12.3. The van der Waals surface area contributed by atoms with Crippen molar-refractivity contribution in [3.63, 3.8) is 0 Å². The minimum atomic E-state index is 0.413. The third-order valence-corrected chi connectivity index (χ3v) is 6.72. The molecule has 0 N–H and O–H groups in total. The molecular formula is C22H40O. The molecular weight excluding hydrogens is 280 g/mol. The summed E-state index contributed by atoms with van der Waals surface area (Å²) < 4.78 is 0. The lowest BCUT2D eigenvalue weighted by atomic mass is 9.68. The average Bonchev–Trinajstić information content (AvgIpc) is 2.57. The molecule has 0 saturated heterocycles. The highest BCUT2D eigenvalue weighted by molar-refractivity contribution is 5.81. The summed E-state index contributed by atoms with van der Waals surface area (Å²) in [6.45, 7) is 4.50. The summed E-state index contributed by atoms with van der Waals surface area (Å²) in [5, 5.41) is 0. The molecule has 0 spiro atoms. The van der Waals surface area contributed by atoms with E-state index in [1.807, 2.05) is 0 Å². The lowest BCUT2D eigenvalue weighted by Gasteiger charge is -2.37. The van der Waals surface area contributed by atoms with Crippen molar-refractivity contribution >= 4 is 5.78 Å².